The minimum Gasteiger partial charge on any atom is -0.481 e. The molecule has 0 radical (unpaired) electrons. The third-order valence-corrected chi connectivity index (χ3v) is 5.67. The molecule has 1 N–H and O–H groups in total. The van der Waals surface area contributed by atoms with Crippen LogP contribution < -0.4 is 4.90 Å². The number of piperidine rings is 1. The van der Waals surface area contributed by atoms with E-state index in [9.17, 15) is 14.7 Å². The summed E-state index contributed by atoms with van der Waals surface area (Å²) in [5.74, 6) is -1.78. The first-order valence-electron chi connectivity index (χ1n) is 10.4. The number of likely N-dealkylation sites (tertiary alicyclic amines) is 1. The van der Waals surface area contributed by atoms with E-state index in [1.54, 1.807) is 0 Å². The number of rotatable bonds is 4. The van der Waals surface area contributed by atoms with Gasteiger partial charge in [-0.15, -0.1) is 0 Å². The topological polar surface area (TPSA) is 73.3 Å². The summed E-state index contributed by atoms with van der Waals surface area (Å²) in [6, 6.07) is 9.51. The van der Waals surface area contributed by atoms with Crippen LogP contribution in [-0.4, -0.2) is 84.3 Å². The fraction of sp³-hybridized carbons (Fsp3) is 0.636. The lowest BCUT2D eigenvalue weighted by molar-refractivity contribution is -0.163. The minimum absolute atomic E-state index is 0.0816. The Labute approximate surface area is 173 Å². The highest BCUT2D eigenvalue weighted by Gasteiger charge is 2.45. The van der Waals surface area contributed by atoms with E-state index in [0.29, 0.717) is 26.1 Å². The maximum Gasteiger partial charge on any atom is 0.308 e. The number of carboxylic acid groups (broad SMARTS) is 1. The normalized spacial score (nSPS) is 26.4. The minimum atomic E-state index is -0.930. The van der Waals surface area contributed by atoms with Crippen molar-refractivity contribution in [2.24, 2.45) is 5.92 Å². The van der Waals surface area contributed by atoms with Gasteiger partial charge in [-0.3, -0.25) is 14.5 Å². The Balaban J connectivity index is 1.65. The van der Waals surface area contributed by atoms with Gasteiger partial charge in [0, 0.05) is 38.4 Å². The van der Waals surface area contributed by atoms with Crippen LogP contribution in [0.1, 0.15) is 27.2 Å². The summed E-state index contributed by atoms with van der Waals surface area (Å²) in [6.45, 7) is 9.16. The number of nitrogens with zero attached hydrogens (tertiary/aromatic N) is 3. The van der Waals surface area contributed by atoms with Crippen molar-refractivity contribution in [1.82, 2.24) is 9.80 Å². The molecule has 0 unspecified atom stereocenters. The molecule has 3 rings (SSSR count). The number of benzene rings is 1. The van der Waals surface area contributed by atoms with Gasteiger partial charge in [0.05, 0.1) is 17.6 Å². The second kappa shape index (κ2) is 8.71. The van der Waals surface area contributed by atoms with Gasteiger partial charge in [-0.2, -0.15) is 0 Å². The highest BCUT2D eigenvalue weighted by molar-refractivity contribution is 5.88. The molecule has 2 aliphatic heterocycles. The van der Waals surface area contributed by atoms with Crippen LogP contribution >= 0.6 is 0 Å². The molecule has 7 nitrogen and oxygen atoms in total. The van der Waals surface area contributed by atoms with E-state index < -0.39 is 17.9 Å². The Morgan fingerprint density at radius 1 is 1.07 bits per heavy atom. The molecule has 2 saturated heterocycles. The number of ether oxygens (including phenoxy) is 1. The molecule has 2 fully saturated rings. The number of para-hydroxylation sites is 1. The summed E-state index contributed by atoms with van der Waals surface area (Å²) in [4.78, 5) is 31.2. The second-order valence-electron chi connectivity index (χ2n) is 9.06. The number of hydrogen-bond acceptors (Lipinski definition) is 5. The molecule has 1 amide bonds. The third-order valence-electron chi connectivity index (χ3n) is 5.67. The molecule has 3 atom stereocenters. The van der Waals surface area contributed by atoms with Crippen LogP contribution in [0.4, 0.5) is 5.69 Å². The average molecular weight is 404 g/mol. The number of amides is 1. The Bertz CT molecular complexity index is 711. The lowest BCUT2D eigenvalue weighted by Gasteiger charge is -2.45. The average Bonchev–Trinajstić information content (AvgIpc) is 2.66. The van der Waals surface area contributed by atoms with E-state index in [2.05, 4.69) is 17.0 Å². The van der Waals surface area contributed by atoms with Gasteiger partial charge in [0.1, 0.15) is 6.04 Å². The van der Waals surface area contributed by atoms with Crippen LogP contribution in [0.3, 0.4) is 0 Å². The molecule has 160 valence electrons. The molecule has 29 heavy (non-hydrogen) atoms. The SMILES string of the molecule is CN1C[C@@H](OC(C)(C)C)C[C@H](C(=O)O)[C@H]1C(=O)N1CCN(c2ccccc2)CC1. The van der Waals surface area contributed by atoms with E-state index in [1.165, 1.54) is 0 Å². The predicted molar refractivity (Wildman–Crippen MR) is 112 cm³/mol. The summed E-state index contributed by atoms with van der Waals surface area (Å²) >= 11 is 0. The Morgan fingerprint density at radius 3 is 2.24 bits per heavy atom. The second-order valence-corrected chi connectivity index (χ2v) is 9.06. The van der Waals surface area contributed by atoms with E-state index >= 15 is 0 Å². The molecule has 1 aromatic carbocycles. The van der Waals surface area contributed by atoms with Crippen molar-refractivity contribution in [3.63, 3.8) is 0 Å². The van der Waals surface area contributed by atoms with Gasteiger partial charge in [-0.05, 0) is 46.4 Å². The Kier molecular flexibility index (Phi) is 6.49. The highest BCUT2D eigenvalue weighted by atomic mass is 16.5. The van der Waals surface area contributed by atoms with Crippen molar-refractivity contribution in [3.05, 3.63) is 30.3 Å². The van der Waals surface area contributed by atoms with E-state index in [-0.39, 0.29) is 17.6 Å². The van der Waals surface area contributed by atoms with Gasteiger partial charge >= 0.3 is 5.97 Å². The van der Waals surface area contributed by atoms with Crippen molar-refractivity contribution in [2.75, 3.05) is 44.7 Å². The summed E-state index contributed by atoms with van der Waals surface area (Å²) in [6.07, 6.45) is 0.164. The van der Waals surface area contributed by atoms with Crippen molar-refractivity contribution in [3.8, 4) is 0 Å². The maximum absolute atomic E-state index is 13.3. The molecule has 0 aromatic heterocycles. The number of anilines is 1. The smallest absolute Gasteiger partial charge is 0.308 e. The van der Waals surface area contributed by atoms with Crippen LogP contribution in [-0.2, 0) is 14.3 Å². The summed E-state index contributed by atoms with van der Waals surface area (Å²) in [5, 5.41) is 9.82. The fourth-order valence-corrected chi connectivity index (χ4v) is 4.42. The standard InChI is InChI=1S/C22H33N3O4/c1-22(2,3)29-17-14-18(21(27)28)19(23(4)15-17)20(26)25-12-10-24(11-13-25)16-8-6-5-7-9-16/h5-9,17-19H,10-15H2,1-4H3,(H,27,28)/t17-,18-,19-/m0/s1. The number of likely N-dealkylation sites (N-methyl/N-ethyl adjacent to an activating group) is 1. The number of piperazine rings is 1. The van der Waals surface area contributed by atoms with E-state index in [1.807, 2.05) is 55.8 Å². The molecule has 2 heterocycles. The zero-order chi connectivity index (χ0) is 21.2. The van der Waals surface area contributed by atoms with E-state index in [4.69, 9.17) is 4.74 Å². The summed E-state index contributed by atoms with van der Waals surface area (Å²) < 4.78 is 6.03. The first-order chi connectivity index (χ1) is 13.7. The zero-order valence-electron chi connectivity index (χ0n) is 17.9. The molecule has 0 saturated carbocycles. The first kappa shape index (κ1) is 21.6. The van der Waals surface area contributed by atoms with Crippen molar-refractivity contribution in [1.29, 1.82) is 0 Å². The summed E-state index contributed by atoms with van der Waals surface area (Å²) in [5.41, 5.74) is 0.805. The molecular weight excluding hydrogens is 370 g/mol. The Morgan fingerprint density at radius 2 is 1.69 bits per heavy atom. The zero-order valence-corrected chi connectivity index (χ0v) is 17.9. The van der Waals surface area contributed by atoms with Gasteiger partial charge in [-0.25, -0.2) is 0 Å². The van der Waals surface area contributed by atoms with Crippen molar-refractivity contribution < 1.29 is 19.4 Å². The summed E-state index contributed by atoms with van der Waals surface area (Å²) in [7, 11) is 1.83. The fourth-order valence-electron chi connectivity index (χ4n) is 4.42. The lowest BCUT2D eigenvalue weighted by atomic mass is 9.86. The number of carbonyl (C=O) groups is 2. The van der Waals surface area contributed by atoms with Crippen LogP contribution in [0.5, 0.6) is 0 Å². The quantitative estimate of drug-likeness (QED) is 0.828. The van der Waals surface area contributed by atoms with Crippen molar-refractivity contribution >= 4 is 17.6 Å². The molecule has 7 heteroatoms. The number of carbonyl (C=O) groups excluding carboxylic acids is 1. The number of carboxylic acids is 1. The maximum atomic E-state index is 13.3. The van der Waals surface area contributed by atoms with Crippen LogP contribution in [0.25, 0.3) is 0 Å². The molecule has 1 aromatic rings. The number of aliphatic carboxylic acids is 1. The van der Waals surface area contributed by atoms with Gasteiger partial charge < -0.3 is 19.6 Å². The number of hydrogen-bond donors (Lipinski definition) is 1. The van der Waals surface area contributed by atoms with Crippen LogP contribution in [0, 0.1) is 5.92 Å². The largest absolute Gasteiger partial charge is 0.481 e. The monoisotopic (exact) mass is 403 g/mol. The molecule has 0 spiro atoms. The predicted octanol–water partition coefficient (Wildman–Crippen LogP) is 1.92. The Hall–Kier alpha value is -2.12. The third kappa shape index (κ3) is 5.28. The van der Waals surface area contributed by atoms with E-state index in [0.717, 1.165) is 18.8 Å². The molecule has 2 aliphatic rings. The van der Waals surface area contributed by atoms with Gasteiger partial charge in [-0.1, -0.05) is 18.2 Å². The molecule has 0 aliphatic carbocycles. The van der Waals surface area contributed by atoms with Crippen molar-refractivity contribution in [2.45, 2.75) is 44.9 Å². The van der Waals surface area contributed by atoms with Gasteiger partial charge in [0.2, 0.25) is 5.91 Å². The molecular formula is C22H33N3O4. The first-order valence-corrected chi connectivity index (χ1v) is 10.4. The van der Waals surface area contributed by atoms with Gasteiger partial charge in [0.25, 0.3) is 0 Å². The van der Waals surface area contributed by atoms with Gasteiger partial charge in [0.15, 0.2) is 0 Å². The van der Waals surface area contributed by atoms with Crippen LogP contribution in [0.2, 0.25) is 0 Å². The lowest BCUT2D eigenvalue weighted by Crippen LogP contribution is -2.61. The van der Waals surface area contributed by atoms with Crippen LogP contribution in [0.15, 0.2) is 30.3 Å². The molecule has 0 bridgehead atoms. The highest BCUT2D eigenvalue weighted by Crippen LogP contribution is 2.29.